The van der Waals surface area contributed by atoms with Gasteiger partial charge in [0.05, 0.1) is 0 Å². The Bertz CT molecular complexity index is 371. The molecule has 2 nitrogen and oxygen atoms in total. The molecule has 0 saturated heterocycles. The summed E-state index contributed by atoms with van der Waals surface area (Å²) in [4.78, 5) is 12.5. The number of anilines is 1. The van der Waals surface area contributed by atoms with Crippen molar-refractivity contribution in [3.63, 3.8) is 0 Å². The number of hydrogen-bond donors (Lipinski definition) is 0. The minimum Gasteiger partial charge on any atom is -0.378 e. The molecule has 15 heavy (non-hydrogen) atoms. The zero-order valence-electron chi connectivity index (χ0n) is 8.30. The molecule has 5 heteroatoms. The van der Waals surface area contributed by atoms with E-state index in [0.29, 0.717) is 5.69 Å². The molecule has 0 aliphatic carbocycles. The molecule has 0 atom stereocenters. The molecule has 1 aromatic rings. The lowest BCUT2D eigenvalue weighted by molar-refractivity contribution is -0.0885. The molecule has 0 spiro atoms. The average molecular weight is 217 g/mol. The molecule has 0 unspecified atom stereocenters. The number of Topliss-reactive ketones (excluding diaryl/α,β-unsaturated/α-hetero) is 1. The Morgan fingerprint density at radius 1 is 1.27 bits per heavy atom. The predicted octanol–water partition coefficient (Wildman–Crippen LogP) is 2.50. The van der Waals surface area contributed by atoms with Gasteiger partial charge in [-0.2, -0.15) is 13.2 Å². The molecular weight excluding hydrogens is 207 g/mol. The van der Waals surface area contributed by atoms with E-state index in [1.165, 1.54) is 12.1 Å². The number of alkyl halides is 3. The minimum atomic E-state index is -4.81. The molecule has 0 radical (unpaired) electrons. The number of nitrogens with zero attached hydrogens (tertiary/aromatic N) is 1. The summed E-state index contributed by atoms with van der Waals surface area (Å²) in [6.45, 7) is 0. The van der Waals surface area contributed by atoms with E-state index in [-0.39, 0.29) is 5.56 Å². The predicted molar refractivity (Wildman–Crippen MR) is 51.2 cm³/mol. The largest absolute Gasteiger partial charge is 0.454 e. The van der Waals surface area contributed by atoms with Gasteiger partial charge in [0.15, 0.2) is 0 Å². The fourth-order valence-electron chi connectivity index (χ4n) is 1.09. The van der Waals surface area contributed by atoms with E-state index < -0.39 is 12.0 Å². The zero-order valence-corrected chi connectivity index (χ0v) is 8.30. The van der Waals surface area contributed by atoms with Crippen molar-refractivity contribution < 1.29 is 18.0 Å². The van der Waals surface area contributed by atoms with Crippen molar-refractivity contribution in [3.05, 3.63) is 29.8 Å². The summed E-state index contributed by atoms with van der Waals surface area (Å²) in [5.41, 5.74) is 0.221. The monoisotopic (exact) mass is 217 g/mol. The number of benzene rings is 1. The zero-order chi connectivity index (χ0) is 11.6. The molecular formula is C10H10F3NO. The number of carbonyl (C=O) groups is 1. The Labute approximate surface area is 85.3 Å². The van der Waals surface area contributed by atoms with Crippen molar-refractivity contribution in [3.8, 4) is 0 Å². The summed E-state index contributed by atoms with van der Waals surface area (Å²) in [7, 11) is 3.38. The van der Waals surface area contributed by atoms with Crippen LogP contribution in [0.25, 0.3) is 0 Å². The fourth-order valence-corrected chi connectivity index (χ4v) is 1.09. The molecule has 0 bridgehead atoms. The summed E-state index contributed by atoms with van der Waals surface area (Å²) < 4.78 is 36.3. The Hall–Kier alpha value is -1.52. The van der Waals surface area contributed by atoms with Crippen molar-refractivity contribution >= 4 is 11.5 Å². The lowest BCUT2D eigenvalue weighted by Crippen LogP contribution is -2.23. The summed E-state index contributed by atoms with van der Waals surface area (Å²) in [6, 6.07) is 5.43. The second-order valence-electron chi connectivity index (χ2n) is 3.27. The van der Waals surface area contributed by atoms with Gasteiger partial charge in [-0.25, -0.2) is 0 Å². The van der Waals surface area contributed by atoms with Crippen LogP contribution in [0.1, 0.15) is 10.4 Å². The van der Waals surface area contributed by atoms with Crippen LogP contribution in [0.4, 0.5) is 18.9 Å². The van der Waals surface area contributed by atoms with Crippen LogP contribution >= 0.6 is 0 Å². The number of rotatable bonds is 2. The van der Waals surface area contributed by atoms with Crippen molar-refractivity contribution in [2.45, 2.75) is 6.18 Å². The maximum Gasteiger partial charge on any atom is 0.454 e. The van der Waals surface area contributed by atoms with E-state index in [1.54, 1.807) is 25.1 Å². The third-order valence-electron chi connectivity index (χ3n) is 1.88. The molecule has 0 amide bonds. The second-order valence-corrected chi connectivity index (χ2v) is 3.27. The van der Waals surface area contributed by atoms with E-state index in [2.05, 4.69) is 0 Å². The second kappa shape index (κ2) is 3.92. The van der Waals surface area contributed by atoms with Gasteiger partial charge in [0.1, 0.15) is 0 Å². The van der Waals surface area contributed by atoms with E-state index in [4.69, 9.17) is 0 Å². The highest BCUT2D eigenvalue weighted by atomic mass is 19.4. The maximum atomic E-state index is 12.1. The molecule has 82 valence electrons. The number of halogens is 3. The lowest BCUT2D eigenvalue weighted by Gasteiger charge is -2.13. The third kappa shape index (κ3) is 2.71. The van der Waals surface area contributed by atoms with Crippen molar-refractivity contribution in [2.24, 2.45) is 0 Å². The average Bonchev–Trinajstić information content (AvgIpc) is 2.15. The topological polar surface area (TPSA) is 20.3 Å². The quantitative estimate of drug-likeness (QED) is 0.709. The molecule has 0 aliphatic rings. The number of ketones is 1. The number of carbonyl (C=O) groups excluding carboxylic acids is 1. The van der Waals surface area contributed by atoms with Gasteiger partial charge < -0.3 is 4.90 Å². The van der Waals surface area contributed by atoms with Crippen LogP contribution in [0, 0.1) is 0 Å². The molecule has 0 heterocycles. The van der Waals surface area contributed by atoms with Crippen LogP contribution in [0.3, 0.4) is 0 Å². The van der Waals surface area contributed by atoms with E-state index in [9.17, 15) is 18.0 Å². The van der Waals surface area contributed by atoms with Crippen LogP contribution in [0.15, 0.2) is 24.3 Å². The Balaban J connectivity index is 3.06. The molecule has 1 aromatic carbocycles. The lowest BCUT2D eigenvalue weighted by atomic mass is 10.1. The van der Waals surface area contributed by atoms with Crippen molar-refractivity contribution in [2.75, 3.05) is 19.0 Å². The Morgan fingerprint density at radius 3 is 2.33 bits per heavy atom. The van der Waals surface area contributed by atoms with Gasteiger partial charge in [0.25, 0.3) is 5.78 Å². The first-order valence-electron chi connectivity index (χ1n) is 4.21. The van der Waals surface area contributed by atoms with Crippen LogP contribution in [0.2, 0.25) is 0 Å². The van der Waals surface area contributed by atoms with Crippen molar-refractivity contribution in [1.29, 1.82) is 0 Å². The van der Waals surface area contributed by atoms with Gasteiger partial charge in [-0.15, -0.1) is 0 Å². The first-order valence-corrected chi connectivity index (χ1v) is 4.21. The molecule has 0 N–H and O–H groups in total. The summed E-state index contributed by atoms with van der Waals surface area (Å²) in [5, 5.41) is 0. The van der Waals surface area contributed by atoms with E-state index in [0.717, 1.165) is 6.07 Å². The highest BCUT2D eigenvalue weighted by Gasteiger charge is 2.39. The molecule has 0 fully saturated rings. The molecule has 0 saturated carbocycles. The maximum absolute atomic E-state index is 12.1. The summed E-state index contributed by atoms with van der Waals surface area (Å²) in [5.74, 6) is -1.81. The molecule has 0 aliphatic heterocycles. The Kier molecular flexibility index (Phi) is 3.02. The Morgan fingerprint density at radius 2 is 1.87 bits per heavy atom. The van der Waals surface area contributed by atoms with Crippen LogP contribution < -0.4 is 4.90 Å². The standard InChI is InChI=1S/C10H10F3NO/c1-14(2)8-5-3-4-7(6-8)9(15)10(11,12)13/h3-6H,1-2H3. The van der Waals surface area contributed by atoms with E-state index >= 15 is 0 Å². The number of hydrogen-bond acceptors (Lipinski definition) is 2. The first kappa shape index (κ1) is 11.6. The van der Waals surface area contributed by atoms with Gasteiger partial charge in [-0.1, -0.05) is 12.1 Å². The van der Waals surface area contributed by atoms with Gasteiger partial charge in [-0.3, -0.25) is 4.79 Å². The highest BCUT2D eigenvalue weighted by Crippen LogP contribution is 2.23. The normalized spacial score (nSPS) is 11.3. The minimum absolute atomic E-state index is 0.339. The van der Waals surface area contributed by atoms with Crippen molar-refractivity contribution in [1.82, 2.24) is 0 Å². The van der Waals surface area contributed by atoms with Gasteiger partial charge in [0, 0.05) is 25.3 Å². The van der Waals surface area contributed by atoms with Gasteiger partial charge in [-0.05, 0) is 12.1 Å². The SMILES string of the molecule is CN(C)c1cccc(C(=O)C(F)(F)F)c1. The first-order chi connectivity index (χ1) is 6.82. The molecule has 1 rings (SSSR count). The van der Waals surface area contributed by atoms with Crippen LogP contribution in [-0.2, 0) is 0 Å². The van der Waals surface area contributed by atoms with Crippen LogP contribution in [-0.4, -0.2) is 26.1 Å². The van der Waals surface area contributed by atoms with Gasteiger partial charge in [0.2, 0.25) is 0 Å². The smallest absolute Gasteiger partial charge is 0.378 e. The highest BCUT2D eigenvalue weighted by molar-refractivity contribution is 6.00. The van der Waals surface area contributed by atoms with Crippen LogP contribution in [0.5, 0.6) is 0 Å². The van der Waals surface area contributed by atoms with E-state index in [1.807, 2.05) is 0 Å². The van der Waals surface area contributed by atoms with Gasteiger partial charge >= 0.3 is 6.18 Å². The fraction of sp³-hybridized carbons (Fsp3) is 0.300. The molecule has 0 aromatic heterocycles. The summed E-state index contributed by atoms with van der Waals surface area (Å²) in [6.07, 6.45) is -4.81. The third-order valence-corrected chi connectivity index (χ3v) is 1.88. The summed E-state index contributed by atoms with van der Waals surface area (Å²) >= 11 is 0.